The van der Waals surface area contributed by atoms with Crippen molar-refractivity contribution in [3.8, 4) is 0 Å². The normalized spacial score (nSPS) is 23.4. The van der Waals surface area contributed by atoms with Gasteiger partial charge < -0.3 is 14.5 Å². The van der Waals surface area contributed by atoms with Crippen molar-refractivity contribution in [2.24, 2.45) is 0 Å². The Bertz CT molecular complexity index is 698. The monoisotopic (exact) mass is 394 g/mol. The van der Waals surface area contributed by atoms with Gasteiger partial charge in [-0.25, -0.2) is 15.6 Å². The minimum atomic E-state index is -0.517. The Labute approximate surface area is 164 Å². The Morgan fingerprint density at radius 1 is 1.07 bits per heavy atom. The summed E-state index contributed by atoms with van der Waals surface area (Å²) in [7, 11) is 0. The molecule has 7 nitrogen and oxygen atoms in total. The molecule has 2 saturated heterocycles. The number of rotatable bonds is 2. The van der Waals surface area contributed by atoms with E-state index in [4.69, 9.17) is 16.3 Å². The average molecular weight is 395 g/mol. The molecule has 2 unspecified atom stereocenters. The molecular weight excluding hydrogens is 368 g/mol. The van der Waals surface area contributed by atoms with Crippen LogP contribution in [0.25, 0.3) is 0 Å². The van der Waals surface area contributed by atoms with Gasteiger partial charge in [0.1, 0.15) is 11.6 Å². The maximum Gasteiger partial charge on any atom is 0.410 e. The summed E-state index contributed by atoms with van der Waals surface area (Å²) in [5, 5.41) is 0.691. The molecule has 8 heteroatoms. The molecule has 2 atom stereocenters. The standard InChI is InChI=1S/C19H27ClN4O3/c1-19(2,3)27-18(26)24-10-8-23(9-11-24)17(25)16-12-15(21-22-16)13-6-4-5-7-14(13)20/h4-7,15-16,21-22H,8-12H2,1-3H3. The van der Waals surface area contributed by atoms with E-state index in [1.165, 1.54) is 0 Å². The van der Waals surface area contributed by atoms with Crippen molar-refractivity contribution >= 4 is 23.6 Å². The lowest BCUT2D eigenvalue weighted by Crippen LogP contribution is -2.55. The molecule has 0 aromatic heterocycles. The van der Waals surface area contributed by atoms with E-state index in [-0.39, 0.29) is 24.1 Å². The van der Waals surface area contributed by atoms with Gasteiger partial charge in [-0.05, 0) is 38.8 Å². The number of ether oxygens (including phenoxy) is 1. The average Bonchev–Trinajstić information content (AvgIpc) is 3.10. The number of piperazine rings is 1. The van der Waals surface area contributed by atoms with Crippen LogP contribution in [-0.4, -0.2) is 59.6 Å². The molecule has 0 radical (unpaired) electrons. The molecule has 27 heavy (non-hydrogen) atoms. The van der Waals surface area contributed by atoms with Gasteiger partial charge in [-0.15, -0.1) is 0 Å². The molecule has 0 spiro atoms. The third kappa shape index (κ3) is 4.91. The fraction of sp³-hybridized carbons (Fsp3) is 0.579. The lowest BCUT2D eigenvalue weighted by atomic mass is 10.0. The zero-order valence-electron chi connectivity index (χ0n) is 16.0. The zero-order chi connectivity index (χ0) is 19.6. The second-order valence-corrected chi connectivity index (χ2v) is 8.35. The van der Waals surface area contributed by atoms with Crippen molar-refractivity contribution in [3.05, 3.63) is 34.9 Å². The lowest BCUT2D eigenvalue weighted by molar-refractivity contribution is -0.135. The van der Waals surface area contributed by atoms with Gasteiger partial charge in [0.15, 0.2) is 0 Å². The van der Waals surface area contributed by atoms with Gasteiger partial charge in [0.25, 0.3) is 0 Å². The van der Waals surface area contributed by atoms with Crippen LogP contribution in [0.1, 0.15) is 38.8 Å². The first kappa shape index (κ1) is 19.9. The molecule has 3 rings (SSSR count). The van der Waals surface area contributed by atoms with Crippen molar-refractivity contribution in [3.63, 3.8) is 0 Å². The van der Waals surface area contributed by atoms with Gasteiger partial charge in [-0.1, -0.05) is 29.8 Å². The van der Waals surface area contributed by atoms with Gasteiger partial charge in [-0.3, -0.25) is 4.79 Å². The third-order valence-electron chi connectivity index (χ3n) is 4.72. The van der Waals surface area contributed by atoms with Gasteiger partial charge >= 0.3 is 6.09 Å². The van der Waals surface area contributed by atoms with E-state index in [1.54, 1.807) is 9.80 Å². The Morgan fingerprint density at radius 2 is 1.70 bits per heavy atom. The number of hydrazine groups is 1. The number of hydrogen-bond acceptors (Lipinski definition) is 5. The van der Waals surface area contributed by atoms with E-state index >= 15 is 0 Å². The van der Waals surface area contributed by atoms with E-state index in [9.17, 15) is 9.59 Å². The number of amides is 2. The number of nitrogens with zero attached hydrogens (tertiary/aromatic N) is 2. The molecule has 0 aliphatic carbocycles. The molecule has 148 valence electrons. The van der Waals surface area contributed by atoms with Crippen LogP contribution in [0.4, 0.5) is 4.79 Å². The van der Waals surface area contributed by atoms with Crippen LogP contribution in [0.3, 0.4) is 0 Å². The first-order valence-corrected chi connectivity index (χ1v) is 9.64. The highest BCUT2D eigenvalue weighted by atomic mass is 35.5. The molecule has 1 aromatic carbocycles. The van der Waals surface area contributed by atoms with Crippen LogP contribution >= 0.6 is 11.6 Å². The predicted octanol–water partition coefficient (Wildman–Crippen LogP) is 2.33. The second kappa shape index (κ2) is 8.04. The summed E-state index contributed by atoms with van der Waals surface area (Å²) in [5.41, 5.74) is 6.73. The predicted molar refractivity (Wildman–Crippen MR) is 103 cm³/mol. The summed E-state index contributed by atoms with van der Waals surface area (Å²) < 4.78 is 5.40. The van der Waals surface area contributed by atoms with Crippen LogP contribution < -0.4 is 10.9 Å². The third-order valence-corrected chi connectivity index (χ3v) is 5.07. The summed E-state index contributed by atoms with van der Waals surface area (Å²) in [4.78, 5) is 28.4. The van der Waals surface area contributed by atoms with Crippen molar-refractivity contribution < 1.29 is 14.3 Å². The first-order chi connectivity index (χ1) is 12.7. The van der Waals surface area contributed by atoms with Crippen molar-refractivity contribution in [2.75, 3.05) is 26.2 Å². The lowest BCUT2D eigenvalue weighted by Gasteiger charge is -2.36. The van der Waals surface area contributed by atoms with Gasteiger partial charge in [0.2, 0.25) is 5.91 Å². The van der Waals surface area contributed by atoms with Crippen molar-refractivity contribution in [2.45, 2.75) is 44.9 Å². The van der Waals surface area contributed by atoms with Gasteiger partial charge in [0, 0.05) is 37.2 Å². The number of carbonyl (C=O) groups excluding carboxylic acids is 2. The summed E-state index contributed by atoms with van der Waals surface area (Å²) in [5.74, 6) is 0.0425. The summed E-state index contributed by atoms with van der Waals surface area (Å²) in [6.07, 6.45) is 0.309. The fourth-order valence-corrected chi connectivity index (χ4v) is 3.60. The van der Waals surface area contributed by atoms with Crippen LogP contribution in [0, 0.1) is 0 Å². The van der Waals surface area contributed by atoms with Crippen molar-refractivity contribution in [1.82, 2.24) is 20.7 Å². The van der Waals surface area contributed by atoms with Crippen LogP contribution in [0.15, 0.2) is 24.3 Å². The SMILES string of the molecule is CC(C)(C)OC(=O)N1CCN(C(=O)C2CC(c3ccccc3Cl)NN2)CC1. The molecule has 2 fully saturated rings. The second-order valence-electron chi connectivity index (χ2n) is 7.94. The van der Waals surface area contributed by atoms with Crippen LogP contribution in [0.5, 0.6) is 0 Å². The molecule has 2 heterocycles. The zero-order valence-corrected chi connectivity index (χ0v) is 16.8. The number of halogens is 1. The molecule has 0 saturated carbocycles. The maximum atomic E-state index is 12.8. The van der Waals surface area contributed by atoms with E-state index in [0.29, 0.717) is 37.6 Å². The Hall–Kier alpha value is -1.83. The number of benzene rings is 1. The maximum absolute atomic E-state index is 12.8. The van der Waals surface area contributed by atoms with Crippen LogP contribution in [0.2, 0.25) is 5.02 Å². The smallest absolute Gasteiger partial charge is 0.410 e. The summed E-state index contributed by atoms with van der Waals surface area (Å²) in [6, 6.07) is 7.34. The number of carbonyl (C=O) groups is 2. The van der Waals surface area contributed by atoms with Crippen molar-refractivity contribution in [1.29, 1.82) is 0 Å². The quantitative estimate of drug-likeness (QED) is 0.805. The molecule has 0 bridgehead atoms. The number of hydrogen-bond donors (Lipinski definition) is 2. The summed E-state index contributed by atoms with van der Waals surface area (Å²) >= 11 is 6.26. The van der Waals surface area contributed by atoms with E-state index in [1.807, 2.05) is 45.0 Å². The Balaban J connectivity index is 1.52. The summed E-state index contributed by atoms with van der Waals surface area (Å²) in [6.45, 7) is 7.51. The van der Waals surface area contributed by atoms with Gasteiger partial charge in [-0.2, -0.15) is 0 Å². The first-order valence-electron chi connectivity index (χ1n) is 9.27. The topological polar surface area (TPSA) is 73.9 Å². The highest BCUT2D eigenvalue weighted by Crippen LogP contribution is 2.28. The molecule has 2 N–H and O–H groups in total. The highest BCUT2D eigenvalue weighted by molar-refractivity contribution is 6.31. The molecule has 1 aromatic rings. The highest BCUT2D eigenvalue weighted by Gasteiger charge is 2.35. The minimum Gasteiger partial charge on any atom is -0.444 e. The molecule has 2 aliphatic rings. The van der Waals surface area contributed by atoms with Gasteiger partial charge in [0.05, 0.1) is 0 Å². The van der Waals surface area contributed by atoms with E-state index in [0.717, 1.165) is 5.56 Å². The largest absolute Gasteiger partial charge is 0.444 e. The van der Waals surface area contributed by atoms with E-state index in [2.05, 4.69) is 10.9 Å². The minimum absolute atomic E-state index is 0.00398. The molecule has 2 aliphatic heterocycles. The molecular formula is C19H27ClN4O3. The Morgan fingerprint density at radius 3 is 2.33 bits per heavy atom. The fourth-order valence-electron chi connectivity index (χ4n) is 3.34. The molecule has 2 amide bonds. The van der Waals surface area contributed by atoms with E-state index < -0.39 is 5.60 Å². The van der Waals surface area contributed by atoms with Crippen LogP contribution in [-0.2, 0) is 9.53 Å². The number of nitrogens with one attached hydrogen (secondary N) is 2. The Kier molecular flexibility index (Phi) is 5.93.